The Labute approximate surface area is 146 Å². The van der Waals surface area contributed by atoms with Gasteiger partial charge in [0.05, 0.1) is 30.0 Å². The van der Waals surface area contributed by atoms with Crippen molar-refractivity contribution >= 4 is 5.91 Å². The van der Waals surface area contributed by atoms with E-state index in [9.17, 15) is 9.90 Å². The van der Waals surface area contributed by atoms with Crippen LogP contribution in [0.25, 0.3) is 0 Å². The SMILES string of the molecule is Cc1cc(CC(=O)N2CCCn3nc(C(O)C4CCC4)cc3C2)on1. The van der Waals surface area contributed by atoms with E-state index >= 15 is 0 Å². The number of carbonyl (C=O) groups is 1. The average molecular weight is 344 g/mol. The number of carbonyl (C=O) groups excluding carboxylic acids is 1. The van der Waals surface area contributed by atoms with Gasteiger partial charge in [-0.15, -0.1) is 0 Å². The summed E-state index contributed by atoms with van der Waals surface area (Å²) >= 11 is 0. The number of hydrogen-bond acceptors (Lipinski definition) is 5. The highest BCUT2D eigenvalue weighted by molar-refractivity contribution is 5.78. The number of nitrogens with zero attached hydrogens (tertiary/aromatic N) is 4. The zero-order valence-corrected chi connectivity index (χ0v) is 14.5. The predicted molar refractivity (Wildman–Crippen MR) is 89.5 cm³/mol. The fourth-order valence-electron chi connectivity index (χ4n) is 3.60. The summed E-state index contributed by atoms with van der Waals surface area (Å²) in [5, 5.41) is 18.9. The number of rotatable bonds is 4. The Kier molecular flexibility index (Phi) is 4.33. The van der Waals surface area contributed by atoms with Crippen LogP contribution < -0.4 is 0 Å². The molecule has 1 N–H and O–H groups in total. The molecule has 1 atom stereocenters. The minimum Gasteiger partial charge on any atom is -0.386 e. The van der Waals surface area contributed by atoms with E-state index in [1.165, 1.54) is 6.42 Å². The largest absolute Gasteiger partial charge is 0.386 e. The number of aliphatic hydroxyl groups is 1. The molecule has 1 fully saturated rings. The molecule has 3 heterocycles. The summed E-state index contributed by atoms with van der Waals surface area (Å²) in [6.07, 6.45) is 3.95. The van der Waals surface area contributed by atoms with Gasteiger partial charge in [-0.25, -0.2) is 0 Å². The molecule has 134 valence electrons. The molecule has 0 saturated heterocycles. The van der Waals surface area contributed by atoms with Crippen LogP contribution in [0.2, 0.25) is 0 Å². The van der Waals surface area contributed by atoms with Gasteiger partial charge in [-0.05, 0) is 38.2 Å². The van der Waals surface area contributed by atoms with E-state index in [0.717, 1.165) is 42.9 Å². The van der Waals surface area contributed by atoms with Crippen molar-refractivity contribution in [1.29, 1.82) is 0 Å². The standard InChI is InChI=1S/C18H24N4O3/c1-12-8-15(25-20-12)10-17(23)21-6-3-7-22-14(11-21)9-16(19-22)18(24)13-4-2-5-13/h8-9,13,18,24H,2-7,10-11H2,1H3. The van der Waals surface area contributed by atoms with E-state index in [4.69, 9.17) is 4.52 Å². The van der Waals surface area contributed by atoms with Crippen LogP contribution in [-0.4, -0.2) is 37.4 Å². The Morgan fingerprint density at radius 2 is 2.20 bits per heavy atom. The third kappa shape index (κ3) is 3.33. The van der Waals surface area contributed by atoms with Gasteiger partial charge >= 0.3 is 0 Å². The molecule has 0 radical (unpaired) electrons. The Morgan fingerprint density at radius 1 is 1.36 bits per heavy atom. The molecule has 2 aliphatic rings. The summed E-state index contributed by atoms with van der Waals surface area (Å²) < 4.78 is 7.11. The highest BCUT2D eigenvalue weighted by atomic mass is 16.5. The maximum Gasteiger partial charge on any atom is 0.230 e. The van der Waals surface area contributed by atoms with Gasteiger partial charge in [-0.3, -0.25) is 9.48 Å². The van der Waals surface area contributed by atoms with Crippen molar-refractivity contribution in [2.45, 2.75) is 58.2 Å². The number of hydrogen-bond donors (Lipinski definition) is 1. The molecular weight excluding hydrogens is 320 g/mol. The minimum absolute atomic E-state index is 0.0342. The zero-order chi connectivity index (χ0) is 17.4. The molecule has 2 aromatic rings. The maximum absolute atomic E-state index is 12.6. The fourth-order valence-corrected chi connectivity index (χ4v) is 3.60. The van der Waals surface area contributed by atoms with E-state index < -0.39 is 6.10 Å². The molecule has 0 bridgehead atoms. The van der Waals surface area contributed by atoms with Crippen LogP contribution in [-0.2, 0) is 24.3 Å². The second kappa shape index (κ2) is 6.63. The molecule has 7 nitrogen and oxygen atoms in total. The molecule has 1 aliphatic heterocycles. The van der Waals surface area contributed by atoms with Crippen LogP contribution in [0.1, 0.15) is 54.6 Å². The number of aryl methyl sites for hydroxylation is 2. The highest BCUT2D eigenvalue weighted by Gasteiger charge is 2.30. The lowest BCUT2D eigenvalue weighted by atomic mass is 9.80. The van der Waals surface area contributed by atoms with Gasteiger partial charge < -0.3 is 14.5 Å². The fraction of sp³-hybridized carbons (Fsp3) is 0.611. The molecule has 0 spiro atoms. The molecule has 4 rings (SSSR count). The summed E-state index contributed by atoms with van der Waals surface area (Å²) in [5.74, 6) is 0.972. The van der Waals surface area contributed by atoms with Gasteiger partial charge in [0, 0.05) is 19.2 Å². The van der Waals surface area contributed by atoms with Gasteiger partial charge in [0.2, 0.25) is 5.91 Å². The van der Waals surface area contributed by atoms with Crippen LogP contribution in [0.5, 0.6) is 0 Å². The maximum atomic E-state index is 12.6. The van der Waals surface area contributed by atoms with E-state index in [-0.39, 0.29) is 12.3 Å². The van der Waals surface area contributed by atoms with Crippen molar-refractivity contribution < 1.29 is 14.4 Å². The molecule has 1 unspecified atom stereocenters. The molecule has 0 aromatic carbocycles. The first-order chi connectivity index (χ1) is 12.1. The first kappa shape index (κ1) is 16.3. The summed E-state index contributed by atoms with van der Waals surface area (Å²) in [6.45, 7) is 3.85. The molecule has 2 aromatic heterocycles. The first-order valence-electron chi connectivity index (χ1n) is 9.05. The van der Waals surface area contributed by atoms with Crippen LogP contribution in [0.15, 0.2) is 16.7 Å². The van der Waals surface area contributed by atoms with E-state index in [1.807, 2.05) is 22.6 Å². The number of amides is 1. The molecular formula is C18H24N4O3. The average Bonchev–Trinajstić information content (AvgIpc) is 3.06. The van der Waals surface area contributed by atoms with Crippen molar-refractivity contribution in [2.75, 3.05) is 6.54 Å². The van der Waals surface area contributed by atoms with Crippen molar-refractivity contribution in [1.82, 2.24) is 19.8 Å². The van der Waals surface area contributed by atoms with Crippen molar-refractivity contribution in [3.8, 4) is 0 Å². The third-order valence-corrected chi connectivity index (χ3v) is 5.29. The Morgan fingerprint density at radius 3 is 2.88 bits per heavy atom. The Bertz CT molecular complexity index is 762. The van der Waals surface area contributed by atoms with Crippen LogP contribution in [0, 0.1) is 12.8 Å². The van der Waals surface area contributed by atoms with Crippen LogP contribution in [0.4, 0.5) is 0 Å². The van der Waals surface area contributed by atoms with Gasteiger partial charge in [0.1, 0.15) is 11.9 Å². The van der Waals surface area contributed by atoms with Gasteiger partial charge in [0.15, 0.2) is 0 Å². The van der Waals surface area contributed by atoms with Gasteiger partial charge in [-0.2, -0.15) is 5.10 Å². The third-order valence-electron chi connectivity index (χ3n) is 5.29. The van der Waals surface area contributed by atoms with Crippen molar-refractivity contribution in [2.24, 2.45) is 5.92 Å². The minimum atomic E-state index is -0.477. The molecule has 1 amide bonds. The lowest BCUT2D eigenvalue weighted by Gasteiger charge is -2.29. The van der Waals surface area contributed by atoms with Crippen LogP contribution >= 0.6 is 0 Å². The zero-order valence-electron chi connectivity index (χ0n) is 14.5. The van der Waals surface area contributed by atoms with Gasteiger partial charge in [-0.1, -0.05) is 11.6 Å². The highest BCUT2D eigenvalue weighted by Crippen LogP contribution is 2.37. The number of aliphatic hydroxyl groups excluding tert-OH is 1. The van der Waals surface area contributed by atoms with Crippen LogP contribution in [0.3, 0.4) is 0 Å². The summed E-state index contributed by atoms with van der Waals surface area (Å²) in [6, 6.07) is 3.76. The normalized spacial score (nSPS) is 19.2. The quantitative estimate of drug-likeness (QED) is 0.917. The van der Waals surface area contributed by atoms with E-state index in [2.05, 4.69) is 10.3 Å². The van der Waals surface area contributed by atoms with E-state index in [1.54, 1.807) is 6.07 Å². The monoisotopic (exact) mass is 344 g/mol. The summed E-state index contributed by atoms with van der Waals surface area (Å²) in [5.41, 5.74) is 2.53. The second-order valence-electron chi connectivity index (χ2n) is 7.20. The molecule has 1 aliphatic carbocycles. The smallest absolute Gasteiger partial charge is 0.230 e. The topological polar surface area (TPSA) is 84.4 Å². The Hall–Kier alpha value is -2.15. The molecule has 25 heavy (non-hydrogen) atoms. The number of aromatic nitrogens is 3. The number of fused-ring (bicyclic) bond motifs is 1. The molecule has 1 saturated carbocycles. The molecule has 7 heteroatoms. The lowest BCUT2D eigenvalue weighted by Crippen LogP contribution is -2.31. The second-order valence-corrected chi connectivity index (χ2v) is 7.20. The van der Waals surface area contributed by atoms with Gasteiger partial charge in [0.25, 0.3) is 0 Å². The van der Waals surface area contributed by atoms with Crippen molar-refractivity contribution in [3.05, 3.63) is 35.0 Å². The Balaban J connectivity index is 1.46. The first-order valence-corrected chi connectivity index (χ1v) is 9.05. The predicted octanol–water partition coefficient (Wildman–Crippen LogP) is 1.99. The van der Waals surface area contributed by atoms with Crippen molar-refractivity contribution in [3.63, 3.8) is 0 Å². The summed E-state index contributed by atoms with van der Waals surface area (Å²) in [7, 11) is 0. The van der Waals surface area contributed by atoms with E-state index in [0.29, 0.717) is 24.8 Å². The summed E-state index contributed by atoms with van der Waals surface area (Å²) in [4.78, 5) is 14.4. The lowest BCUT2D eigenvalue weighted by molar-refractivity contribution is -0.131.